The Hall–Kier alpha value is -1.86. The number of carbonyl (C=O) groups is 1. The van der Waals surface area contributed by atoms with E-state index in [1.807, 2.05) is 6.92 Å². The fourth-order valence-corrected chi connectivity index (χ4v) is 3.92. The van der Waals surface area contributed by atoms with Crippen molar-refractivity contribution < 1.29 is 14.3 Å². The molecule has 1 saturated heterocycles. The van der Waals surface area contributed by atoms with Gasteiger partial charge >= 0.3 is 0 Å². The zero-order valence-electron chi connectivity index (χ0n) is 14.9. The SMILES string of the molecule is CCOc1cc(C=C2SC(=Nc3cccc(Cl)c3Cl)NC2=O)cc(Cl)c1OC. The van der Waals surface area contributed by atoms with Crippen molar-refractivity contribution in [1.29, 1.82) is 0 Å². The van der Waals surface area contributed by atoms with Crippen molar-refractivity contribution in [3.8, 4) is 11.5 Å². The predicted molar refractivity (Wildman–Crippen MR) is 116 cm³/mol. The van der Waals surface area contributed by atoms with E-state index < -0.39 is 0 Å². The van der Waals surface area contributed by atoms with Gasteiger partial charge in [0.25, 0.3) is 5.91 Å². The van der Waals surface area contributed by atoms with Gasteiger partial charge in [-0.1, -0.05) is 40.9 Å². The van der Waals surface area contributed by atoms with Crippen LogP contribution in [0, 0.1) is 0 Å². The number of carbonyl (C=O) groups excluding carboxylic acids is 1. The average molecular weight is 458 g/mol. The van der Waals surface area contributed by atoms with Crippen LogP contribution in [-0.2, 0) is 4.79 Å². The molecule has 0 unspecified atom stereocenters. The molecule has 1 N–H and O–H groups in total. The number of ether oxygens (including phenoxy) is 2. The minimum Gasteiger partial charge on any atom is -0.491 e. The fraction of sp³-hybridized carbons (Fsp3) is 0.158. The van der Waals surface area contributed by atoms with Crippen molar-refractivity contribution in [2.24, 2.45) is 4.99 Å². The quantitative estimate of drug-likeness (QED) is 0.564. The molecule has 1 aliphatic rings. The first-order valence-electron chi connectivity index (χ1n) is 8.16. The number of amidine groups is 1. The second-order valence-corrected chi connectivity index (χ2v) is 7.74. The maximum atomic E-state index is 12.3. The minimum absolute atomic E-state index is 0.271. The molecular weight excluding hydrogens is 443 g/mol. The Kier molecular flexibility index (Phi) is 6.78. The number of nitrogens with zero attached hydrogens (tertiary/aromatic N) is 1. The molecule has 0 saturated carbocycles. The number of thioether (sulfide) groups is 1. The molecule has 146 valence electrons. The number of amides is 1. The molecule has 5 nitrogen and oxygen atoms in total. The molecule has 0 aromatic heterocycles. The molecule has 2 aromatic rings. The van der Waals surface area contributed by atoms with Crippen LogP contribution in [0.4, 0.5) is 5.69 Å². The molecule has 0 atom stereocenters. The van der Waals surface area contributed by atoms with Gasteiger partial charge in [-0.2, -0.15) is 0 Å². The number of rotatable bonds is 5. The Morgan fingerprint density at radius 3 is 2.71 bits per heavy atom. The van der Waals surface area contributed by atoms with E-state index in [9.17, 15) is 4.79 Å². The van der Waals surface area contributed by atoms with Crippen LogP contribution in [0.1, 0.15) is 12.5 Å². The second kappa shape index (κ2) is 9.09. The standard InChI is InChI=1S/C19H15Cl3N2O3S/c1-3-27-14-8-10(7-12(21)17(14)26-2)9-15-18(25)24-19(28-15)23-13-6-4-5-11(20)16(13)22/h4-9H,3H2,1-2H3,(H,23,24,25). The van der Waals surface area contributed by atoms with Gasteiger partial charge in [0.15, 0.2) is 16.7 Å². The third kappa shape index (κ3) is 4.58. The van der Waals surface area contributed by atoms with Crippen LogP contribution in [0.15, 0.2) is 40.2 Å². The lowest BCUT2D eigenvalue weighted by molar-refractivity contribution is -0.115. The molecule has 9 heteroatoms. The molecule has 0 bridgehead atoms. The van der Waals surface area contributed by atoms with Crippen molar-refractivity contribution in [2.75, 3.05) is 13.7 Å². The van der Waals surface area contributed by atoms with Gasteiger partial charge in [-0.3, -0.25) is 4.79 Å². The van der Waals surface area contributed by atoms with E-state index in [4.69, 9.17) is 44.3 Å². The molecule has 28 heavy (non-hydrogen) atoms. The summed E-state index contributed by atoms with van der Waals surface area (Å²) in [5, 5.41) is 4.23. The maximum absolute atomic E-state index is 12.3. The van der Waals surface area contributed by atoms with Crippen LogP contribution in [-0.4, -0.2) is 24.8 Å². The lowest BCUT2D eigenvalue weighted by atomic mass is 10.2. The summed E-state index contributed by atoms with van der Waals surface area (Å²) in [6.07, 6.45) is 1.70. The van der Waals surface area contributed by atoms with Gasteiger partial charge in [0.2, 0.25) is 0 Å². The van der Waals surface area contributed by atoms with Gasteiger partial charge in [0.1, 0.15) is 0 Å². The number of aliphatic imine (C=N–C) groups is 1. The molecule has 0 aliphatic carbocycles. The first-order chi connectivity index (χ1) is 13.4. The number of methoxy groups -OCH3 is 1. The molecule has 2 aromatic carbocycles. The van der Waals surface area contributed by atoms with E-state index >= 15 is 0 Å². The lowest BCUT2D eigenvalue weighted by Gasteiger charge is -2.11. The Bertz CT molecular complexity index is 993. The highest BCUT2D eigenvalue weighted by atomic mass is 35.5. The summed E-state index contributed by atoms with van der Waals surface area (Å²) in [7, 11) is 1.52. The third-order valence-electron chi connectivity index (χ3n) is 3.64. The summed E-state index contributed by atoms with van der Waals surface area (Å²) in [4.78, 5) is 17.2. The molecule has 1 aliphatic heterocycles. The smallest absolute Gasteiger partial charge is 0.264 e. The Morgan fingerprint density at radius 1 is 1.21 bits per heavy atom. The summed E-state index contributed by atoms with van der Waals surface area (Å²) in [6.45, 7) is 2.32. The van der Waals surface area contributed by atoms with Crippen LogP contribution < -0.4 is 14.8 Å². The highest BCUT2D eigenvalue weighted by Crippen LogP contribution is 2.38. The molecule has 1 fully saturated rings. The first-order valence-corrected chi connectivity index (χ1v) is 10.1. The van der Waals surface area contributed by atoms with E-state index in [2.05, 4.69) is 10.3 Å². The van der Waals surface area contributed by atoms with Crippen LogP contribution in [0.5, 0.6) is 11.5 Å². The van der Waals surface area contributed by atoms with Crippen molar-refractivity contribution in [3.05, 3.63) is 55.9 Å². The first kappa shape index (κ1) is 20.9. The molecule has 1 heterocycles. The average Bonchev–Trinajstić information content (AvgIpc) is 2.98. The van der Waals surface area contributed by atoms with E-state index in [1.165, 1.54) is 18.9 Å². The van der Waals surface area contributed by atoms with Crippen molar-refractivity contribution in [3.63, 3.8) is 0 Å². The van der Waals surface area contributed by atoms with Gasteiger partial charge in [0.05, 0.1) is 39.4 Å². The number of hydrogen-bond acceptors (Lipinski definition) is 5. The summed E-state index contributed by atoms with van der Waals surface area (Å²) in [5.41, 5.74) is 1.18. The fourth-order valence-electron chi connectivity index (χ4n) is 2.45. The van der Waals surface area contributed by atoms with E-state index in [0.717, 1.165) is 0 Å². The summed E-state index contributed by atoms with van der Waals surface area (Å²) >= 11 is 19.6. The highest BCUT2D eigenvalue weighted by molar-refractivity contribution is 8.18. The Balaban J connectivity index is 1.91. The Morgan fingerprint density at radius 2 is 2.00 bits per heavy atom. The van der Waals surface area contributed by atoms with Gasteiger partial charge < -0.3 is 14.8 Å². The molecule has 0 spiro atoms. The van der Waals surface area contributed by atoms with Crippen LogP contribution >= 0.6 is 46.6 Å². The number of hydrogen-bond donors (Lipinski definition) is 1. The second-order valence-electron chi connectivity index (χ2n) is 5.52. The zero-order valence-corrected chi connectivity index (χ0v) is 18.0. The third-order valence-corrected chi connectivity index (χ3v) is 5.64. The van der Waals surface area contributed by atoms with Crippen molar-refractivity contribution >= 4 is 69.4 Å². The van der Waals surface area contributed by atoms with Gasteiger partial charge in [-0.15, -0.1) is 0 Å². The van der Waals surface area contributed by atoms with Crippen LogP contribution in [0.2, 0.25) is 15.1 Å². The van der Waals surface area contributed by atoms with Gasteiger partial charge in [-0.05, 0) is 54.6 Å². The monoisotopic (exact) mass is 456 g/mol. The number of nitrogens with one attached hydrogen (secondary N) is 1. The summed E-state index contributed by atoms with van der Waals surface area (Å²) in [6, 6.07) is 8.58. The van der Waals surface area contributed by atoms with E-state index in [1.54, 1.807) is 36.4 Å². The summed E-state index contributed by atoms with van der Waals surface area (Å²) in [5.74, 6) is 0.686. The molecule has 0 radical (unpaired) electrons. The normalized spacial score (nSPS) is 16.5. The largest absolute Gasteiger partial charge is 0.491 e. The maximum Gasteiger partial charge on any atom is 0.264 e. The van der Waals surface area contributed by atoms with Gasteiger partial charge in [-0.25, -0.2) is 4.99 Å². The van der Waals surface area contributed by atoms with E-state index in [-0.39, 0.29) is 5.91 Å². The molecular formula is C19H15Cl3N2O3S. The minimum atomic E-state index is -0.271. The topological polar surface area (TPSA) is 59.9 Å². The number of benzene rings is 2. The predicted octanol–water partition coefficient (Wildman–Crippen LogP) is 5.95. The highest BCUT2D eigenvalue weighted by Gasteiger charge is 2.24. The molecule has 3 rings (SSSR count). The lowest BCUT2D eigenvalue weighted by Crippen LogP contribution is -2.19. The van der Waals surface area contributed by atoms with Crippen molar-refractivity contribution in [2.45, 2.75) is 6.92 Å². The van der Waals surface area contributed by atoms with Crippen LogP contribution in [0.25, 0.3) is 6.08 Å². The van der Waals surface area contributed by atoms with E-state index in [0.29, 0.717) is 54.5 Å². The van der Waals surface area contributed by atoms with Crippen LogP contribution in [0.3, 0.4) is 0 Å². The number of halogens is 3. The zero-order chi connectivity index (χ0) is 20.3. The van der Waals surface area contributed by atoms with Gasteiger partial charge in [0, 0.05) is 0 Å². The Labute approximate surface area is 181 Å². The summed E-state index contributed by atoms with van der Waals surface area (Å²) < 4.78 is 10.8. The van der Waals surface area contributed by atoms with Crippen molar-refractivity contribution in [1.82, 2.24) is 5.32 Å². The molecule has 1 amide bonds.